The van der Waals surface area contributed by atoms with E-state index in [0.29, 0.717) is 5.92 Å². The van der Waals surface area contributed by atoms with Gasteiger partial charge in [-0.3, -0.25) is 4.90 Å². The number of likely N-dealkylation sites (tertiary alicyclic amines) is 1. The molecule has 0 N–H and O–H groups in total. The predicted octanol–water partition coefficient (Wildman–Crippen LogP) is 2.03. The molecule has 1 aromatic heterocycles. The summed E-state index contributed by atoms with van der Waals surface area (Å²) < 4.78 is 10.1. The molecule has 3 heterocycles. The Balaban J connectivity index is 1.40. The van der Waals surface area contributed by atoms with Crippen LogP contribution in [-0.4, -0.2) is 90.6 Å². The highest BCUT2D eigenvalue weighted by Crippen LogP contribution is 2.22. The van der Waals surface area contributed by atoms with Crippen LogP contribution in [0.15, 0.2) is 12.1 Å². The zero-order valence-electron chi connectivity index (χ0n) is 18.5. The standard InChI is InChI=1S/C21H33N5O4/c1-21(2,3)30-20(28)26-9-7-16(8-10-26)15-24-11-13-25(14-12-24)18-6-5-17(22-23-18)19(27)29-4/h5-6,16H,7-15H2,1-4H3. The molecule has 0 bridgehead atoms. The fourth-order valence-electron chi connectivity index (χ4n) is 3.86. The lowest BCUT2D eigenvalue weighted by Gasteiger charge is -2.39. The van der Waals surface area contributed by atoms with Gasteiger partial charge >= 0.3 is 12.1 Å². The molecule has 1 aromatic rings. The van der Waals surface area contributed by atoms with E-state index in [2.05, 4.69) is 24.7 Å². The van der Waals surface area contributed by atoms with Crippen LogP contribution in [0.25, 0.3) is 0 Å². The largest absolute Gasteiger partial charge is 0.464 e. The van der Waals surface area contributed by atoms with E-state index in [0.717, 1.165) is 64.5 Å². The maximum atomic E-state index is 12.2. The molecule has 1 amide bonds. The van der Waals surface area contributed by atoms with Gasteiger partial charge < -0.3 is 19.3 Å². The number of aromatic nitrogens is 2. The average molecular weight is 420 g/mol. The van der Waals surface area contributed by atoms with Crippen molar-refractivity contribution in [1.29, 1.82) is 0 Å². The van der Waals surface area contributed by atoms with E-state index < -0.39 is 11.6 Å². The number of amides is 1. The Labute approximate surface area is 178 Å². The normalized spacial score (nSPS) is 18.9. The summed E-state index contributed by atoms with van der Waals surface area (Å²) in [5.41, 5.74) is -0.227. The molecule has 0 aromatic carbocycles. The highest BCUT2D eigenvalue weighted by molar-refractivity contribution is 5.86. The van der Waals surface area contributed by atoms with Gasteiger partial charge in [0.05, 0.1) is 7.11 Å². The minimum absolute atomic E-state index is 0.200. The highest BCUT2D eigenvalue weighted by Gasteiger charge is 2.28. The SMILES string of the molecule is COC(=O)c1ccc(N2CCN(CC3CCN(C(=O)OC(C)(C)C)CC3)CC2)nn1. The monoisotopic (exact) mass is 419 g/mol. The smallest absolute Gasteiger partial charge is 0.410 e. The molecule has 0 aliphatic carbocycles. The van der Waals surface area contributed by atoms with Crippen molar-refractivity contribution in [2.45, 2.75) is 39.2 Å². The molecule has 0 radical (unpaired) electrons. The van der Waals surface area contributed by atoms with Crippen molar-refractivity contribution in [3.8, 4) is 0 Å². The van der Waals surface area contributed by atoms with Gasteiger partial charge in [-0.25, -0.2) is 9.59 Å². The first-order valence-corrected chi connectivity index (χ1v) is 10.6. The lowest BCUT2D eigenvalue weighted by Crippen LogP contribution is -2.49. The van der Waals surface area contributed by atoms with Crippen LogP contribution in [0, 0.1) is 5.92 Å². The topological polar surface area (TPSA) is 88.1 Å². The second-order valence-electron chi connectivity index (χ2n) is 8.97. The van der Waals surface area contributed by atoms with E-state index in [-0.39, 0.29) is 11.8 Å². The molecule has 2 aliphatic heterocycles. The average Bonchev–Trinajstić information content (AvgIpc) is 2.73. The molecular formula is C21H33N5O4. The zero-order chi connectivity index (χ0) is 21.7. The molecule has 166 valence electrons. The molecule has 3 rings (SSSR count). The molecule has 2 fully saturated rings. The highest BCUT2D eigenvalue weighted by atomic mass is 16.6. The number of ether oxygens (including phenoxy) is 2. The van der Waals surface area contributed by atoms with Gasteiger partial charge in [0.15, 0.2) is 11.5 Å². The number of piperidine rings is 1. The fourth-order valence-corrected chi connectivity index (χ4v) is 3.86. The van der Waals surface area contributed by atoms with Crippen LogP contribution in [-0.2, 0) is 9.47 Å². The molecule has 9 nitrogen and oxygen atoms in total. The summed E-state index contributed by atoms with van der Waals surface area (Å²) >= 11 is 0. The van der Waals surface area contributed by atoms with Crippen molar-refractivity contribution in [3.63, 3.8) is 0 Å². The first-order chi connectivity index (χ1) is 14.2. The quantitative estimate of drug-likeness (QED) is 0.685. The third-order valence-electron chi connectivity index (χ3n) is 5.52. The van der Waals surface area contributed by atoms with Crippen molar-refractivity contribution in [3.05, 3.63) is 17.8 Å². The summed E-state index contributed by atoms with van der Waals surface area (Å²) in [5, 5.41) is 8.13. The van der Waals surface area contributed by atoms with Gasteiger partial charge in [-0.15, -0.1) is 10.2 Å². The fraction of sp³-hybridized carbons (Fsp3) is 0.714. The molecule has 9 heteroatoms. The van der Waals surface area contributed by atoms with Crippen molar-refractivity contribution in [1.82, 2.24) is 20.0 Å². The van der Waals surface area contributed by atoms with Crippen molar-refractivity contribution >= 4 is 17.9 Å². The Hall–Kier alpha value is -2.42. The van der Waals surface area contributed by atoms with Crippen molar-refractivity contribution in [2.24, 2.45) is 5.92 Å². The van der Waals surface area contributed by atoms with Crippen molar-refractivity contribution < 1.29 is 19.1 Å². The Morgan fingerprint density at radius 3 is 2.23 bits per heavy atom. The lowest BCUT2D eigenvalue weighted by molar-refractivity contribution is 0.0168. The van der Waals surface area contributed by atoms with E-state index in [1.54, 1.807) is 6.07 Å². The summed E-state index contributed by atoms with van der Waals surface area (Å²) in [4.78, 5) is 30.2. The van der Waals surface area contributed by atoms with E-state index in [1.165, 1.54) is 7.11 Å². The van der Waals surface area contributed by atoms with Crippen LogP contribution in [0.1, 0.15) is 44.1 Å². The number of carbonyl (C=O) groups is 2. The van der Waals surface area contributed by atoms with Gasteiger partial charge in [-0.05, 0) is 51.7 Å². The zero-order valence-corrected chi connectivity index (χ0v) is 18.5. The Kier molecular flexibility index (Phi) is 7.12. The number of rotatable bonds is 4. The second kappa shape index (κ2) is 9.59. The summed E-state index contributed by atoms with van der Waals surface area (Å²) in [7, 11) is 1.33. The molecule has 0 unspecified atom stereocenters. The summed E-state index contributed by atoms with van der Waals surface area (Å²) in [6, 6.07) is 3.47. The van der Waals surface area contributed by atoms with Crippen LogP contribution in [0.3, 0.4) is 0 Å². The molecule has 0 saturated carbocycles. The minimum Gasteiger partial charge on any atom is -0.464 e. The molecule has 2 aliphatic rings. The number of hydrogen-bond donors (Lipinski definition) is 0. The number of carbonyl (C=O) groups excluding carboxylic acids is 2. The van der Waals surface area contributed by atoms with Crippen LogP contribution in [0.5, 0.6) is 0 Å². The van der Waals surface area contributed by atoms with Gasteiger partial charge in [-0.1, -0.05) is 0 Å². The Bertz CT molecular complexity index is 718. The molecular weight excluding hydrogens is 386 g/mol. The first-order valence-electron chi connectivity index (χ1n) is 10.6. The van der Waals surface area contributed by atoms with Gasteiger partial charge in [0.1, 0.15) is 5.60 Å². The van der Waals surface area contributed by atoms with Crippen LogP contribution < -0.4 is 4.90 Å². The van der Waals surface area contributed by atoms with Gasteiger partial charge in [-0.2, -0.15) is 0 Å². The van der Waals surface area contributed by atoms with Crippen LogP contribution in [0.2, 0.25) is 0 Å². The predicted molar refractivity (Wildman–Crippen MR) is 113 cm³/mol. The van der Waals surface area contributed by atoms with Gasteiger partial charge in [0, 0.05) is 45.8 Å². The lowest BCUT2D eigenvalue weighted by atomic mass is 9.96. The number of esters is 1. The Morgan fingerprint density at radius 2 is 1.70 bits per heavy atom. The summed E-state index contributed by atoms with van der Waals surface area (Å²) in [5.74, 6) is 0.916. The number of anilines is 1. The van der Waals surface area contributed by atoms with E-state index in [4.69, 9.17) is 4.74 Å². The van der Waals surface area contributed by atoms with Crippen LogP contribution >= 0.6 is 0 Å². The van der Waals surface area contributed by atoms with Crippen molar-refractivity contribution in [2.75, 3.05) is 57.8 Å². The molecule has 0 atom stereocenters. The summed E-state index contributed by atoms with van der Waals surface area (Å²) in [6.07, 6.45) is 1.83. The summed E-state index contributed by atoms with van der Waals surface area (Å²) in [6.45, 7) is 12.0. The molecule has 2 saturated heterocycles. The Morgan fingerprint density at radius 1 is 1.03 bits per heavy atom. The second-order valence-corrected chi connectivity index (χ2v) is 8.97. The number of hydrogen-bond acceptors (Lipinski definition) is 8. The number of piperazine rings is 1. The maximum Gasteiger partial charge on any atom is 0.410 e. The molecule has 30 heavy (non-hydrogen) atoms. The van der Waals surface area contributed by atoms with Gasteiger partial charge in [0.25, 0.3) is 0 Å². The molecule has 0 spiro atoms. The number of methoxy groups -OCH3 is 1. The third kappa shape index (κ3) is 6.04. The van der Waals surface area contributed by atoms with E-state index in [1.807, 2.05) is 31.7 Å². The van der Waals surface area contributed by atoms with E-state index >= 15 is 0 Å². The number of nitrogens with zero attached hydrogens (tertiary/aromatic N) is 5. The third-order valence-corrected chi connectivity index (χ3v) is 5.52. The van der Waals surface area contributed by atoms with Crippen LogP contribution in [0.4, 0.5) is 10.6 Å². The first kappa shape index (κ1) is 22.3. The van der Waals surface area contributed by atoms with Gasteiger partial charge in [0.2, 0.25) is 0 Å². The van der Waals surface area contributed by atoms with E-state index in [9.17, 15) is 9.59 Å². The minimum atomic E-state index is -0.475. The maximum absolute atomic E-state index is 12.2.